The molecule has 0 atom stereocenters. The molecule has 114 valence electrons. The molecule has 0 aromatic heterocycles. The largest absolute Gasteiger partial charge is 0.399 e. The number of nitrogens with two attached hydrogens (primary N) is 2. The Bertz CT molecular complexity index is 755. The van der Waals surface area contributed by atoms with Crippen LogP contribution in [0.2, 0.25) is 0 Å². The first-order valence-electron chi connectivity index (χ1n) is 7.54. The second kappa shape index (κ2) is 6.36. The van der Waals surface area contributed by atoms with Gasteiger partial charge in [-0.1, -0.05) is 24.3 Å². The zero-order valence-corrected chi connectivity index (χ0v) is 13.1. The van der Waals surface area contributed by atoms with Gasteiger partial charge in [0.25, 0.3) is 0 Å². The van der Waals surface area contributed by atoms with Crippen LogP contribution in [0, 0.1) is 0 Å². The molecule has 3 nitrogen and oxygen atoms in total. The van der Waals surface area contributed by atoms with Crippen LogP contribution >= 0.6 is 0 Å². The molecule has 5 N–H and O–H groups in total. The Morgan fingerprint density at radius 1 is 0.696 bits per heavy atom. The molecule has 0 unspecified atom stereocenters. The minimum absolute atomic E-state index is 0.760. The van der Waals surface area contributed by atoms with Crippen LogP contribution in [0.4, 0.5) is 11.4 Å². The van der Waals surface area contributed by atoms with Gasteiger partial charge >= 0.3 is 0 Å². The Morgan fingerprint density at radius 3 is 1.52 bits per heavy atom. The van der Waals surface area contributed by atoms with Crippen molar-refractivity contribution in [3.8, 4) is 0 Å². The Hall–Kier alpha value is -3.07. The first-order chi connectivity index (χ1) is 11.2. The molecule has 0 amide bonds. The lowest BCUT2D eigenvalue weighted by Gasteiger charge is -2.14. The van der Waals surface area contributed by atoms with E-state index in [0.29, 0.717) is 0 Å². The van der Waals surface area contributed by atoms with E-state index in [-0.39, 0.29) is 0 Å². The average molecular weight is 302 g/mol. The molecule has 0 bridgehead atoms. The number of hydrogen-bond acceptors (Lipinski definition) is 2. The molecule has 0 aliphatic heterocycles. The summed E-state index contributed by atoms with van der Waals surface area (Å²) in [5, 5.41) is 0. The van der Waals surface area contributed by atoms with Crippen molar-refractivity contribution in [3.05, 3.63) is 89.5 Å². The molecule has 3 heteroatoms. The Labute approximate surface area is 136 Å². The summed E-state index contributed by atoms with van der Waals surface area (Å²) < 4.78 is 0. The number of allylic oxidation sites excluding steroid dienone is 5. The summed E-state index contributed by atoms with van der Waals surface area (Å²) in [6.45, 7) is 0. The van der Waals surface area contributed by atoms with E-state index in [2.05, 4.69) is 29.3 Å². The minimum atomic E-state index is 0.760. The van der Waals surface area contributed by atoms with E-state index in [1.165, 1.54) is 0 Å². The van der Waals surface area contributed by atoms with Crippen molar-refractivity contribution < 1.29 is 4.99 Å². The van der Waals surface area contributed by atoms with Gasteiger partial charge in [-0.05, 0) is 58.7 Å². The van der Waals surface area contributed by atoms with Gasteiger partial charge < -0.3 is 11.5 Å². The van der Waals surface area contributed by atoms with Crippen LogP contribution in [-0.4, -0.2) is 12.8 Å². The van der Waals surface area contributed by atoms with E-state index in [1.807, 2.05) is 55.6 Å². The van der Waals surface area contributed by atoms with Crippen molar-refractivity contribution in [1.82, 2.24) is 0 Å². The zero-order chi connectivity index (χ0) is 16.2. The smallest absolute Gasteiger partial charge is 0.198 e. The van der Waals surface area contributed by atoms with Gasteiger partial charge in [0.1, 0.15) is 7.05 Å². The fourth-order valence-corrected chi connectivity index (χ4v) is 2.60. The van der Waals surface area contributed by atoms with Crippen molar-refractivity contribution >= 4 is 22.7 Å². The Kier molecular flexibility index (Phi) is 4.11. The first-order valence-corrected chi connectivity index (χ1v) is 7.54. The predicted molar refractivity (Wildman–Crippen MR) is 97.9 cm³/mol. The molecule has 1 aliphatic rings. The molecule has 0 heterocycles. The molecule has 2 aromatic rings. The molecule has 3 rings (SSSR count). The SMILES string of the molecule is C[NH+]=C1C=CC(=C(c2ccc(N)cc2)c2ccc(N)cc2)C=C1. The normalized spacial score (nSPS) is 13.3. The number of hydrogen-bond donors (Lipinski definition) is 3. The van der Waals surface area contributed by atoms with E-state index in [1.54, 1.807) is 0 Å². The monoisotopic (exact) mass is 302 g/mol. The summed E-state index contributed by atoms with van der Waals surface area (Å²) in [4.78, 5) is 3.15. The van der Waals surface area contributed by atoms with Crippen LogP contribution in [0.3, 0.4) is 0 Å². The van der Waals surface area contributed by atoms with Gasteiger partial charge in [-0.15, -0.1) is 0 Å². The van der Waals surface area contributed by atoms with E-state index < -0.39 is 0 Å². The quantitative estimate of drug-likeness (QED) is 0.742. The van der Waals surface area contributed by atoms with Crippen LogP contribution in [0.5, 0.6) is 0 Å². The van der Waals surface area contributed by atoms with Gasteiger partial charge in [-0.2, -0.15) is 0 Å². The minimum Gasteiger partial charge on any atom is -0.399 e. The molecule has 0 spiro atoms. The van der Waals surface area contributed by atoms with Crippen molar-refractivity contribution in [1.29, 1.82) is 0 Å². The van der Waals surface area contributed by atoms with Crippen LogP contribution < -0.4 is 16.5 Å². The van der Waals surface area contributed by atoms with Crippen molar-refractivity contribution in [2.75, 3.05) is 18.5 Å². The molecule has 0 fully saturated rings. The van der Waals surface area contributed by atoms with Gasteiger partial charge in [0, 0.05) is 23.5 Å². The predicted octanol–water partition coefficient (Wildman–Crippen LogP) is 1.93. The highest BCUT2D eigenvalue weighted by Crippen LogP contribution is 2.30. The van der Waals surface area contributed by atoms with Crippen molar-refractivity contribution in [2.45, 2.75) is 0 Å². The van der Waals surface area contributed by atoms with Crippen LogP contribution in [0.15, 0.2) is 78.4 Å². The van der Waals surface area contributed by atoms with Gasteiger partial charge in [-0.25, -0.2) is 4.99 Å². The summed E-state index contributed by atoms with van der Waals surface area (Å²) >= 11 is 0. The highest BCUT2D eigenvalue weighted by Gasteiger charge is 2.12. The van der Waals surface area contributed by atoms with Crippen molar-refractivity contribution in [2.24, 2.45) is 0 Å². The summed E-state index contributed by atoms with van der Waals surface area (Å²) in [7, 11) is 1.92. The van der Waals surface area contributed by atoms with Crippen LogP contribution in [-0.2, 0) is 0 Å². The number of nitrogens with one attached hydrogen (secondary N) is 1. The molecule has 0 saturated carbocycles. The Morgan fingerprint density at radius 2 is 1.13 bits per heavy atom. The molecule has 0 saturated heterocycles. The van der Waals surface area contributed by atoms with E-state index in [4.69, 9.17) is 11.5 Å². The third-order valence-electron chi connectivity index (χ3n) is 3.86. The van der Waals surface area contributed by atoms with E-state index in [0.717, 1.165) is 39.4 Å². The number of nitrogen functional groups attached to an aromatic ring is 2. The number of benzene rings is 2. The lowest BCUT2D eigenvalue weighted by atomic mass is 9.90. The second-order valence-corrected chi connectivity index (χ2v) is 5.45. The second-order valence-electron chi connectivity index (χ2n) is 5.45. The summed E-state index contributed by atoms with van der Waals surface area (Å²) in [5.74, 6) is 0. The van der Waals surface area contributed by atoms with Crippen LogP contribution in [0.1, 0.15) is 11.1 Å². The fraction of sp³-hybridized carbons (Fsp3) is 0.0500. The standard InChI is InChI=1S/C20H19N3/c1-23-19-12-6-16(7-13-19)20(14-2-8-17(21)9-3-14)15-4-10-18(22)11-5-15/h2-13H,21-22H2,1H3/p+1. The lowest BCUT2D eigenvalue weighted by molar-refractivity contribution is -0.417. The fourth-order valence-electron chi connectivity index (χ4n) is 2.60. The molecular weight excluding hydrogens is 282 g/mol. The summed E-state index contributed by atoms with van der Waals surface area (Å²) in [5.41, 5.74) is 18.8. The maximum atomic E-state index is 5.83. The maximum Gasteiger partial charge on any atom is 0.198 e. The Balaban J connectivity index is 2.17. The third-order valence-corrected chi connectivity index (χ3v) is 3.86. The van der Waals surface area contributed by atoms with Gasteiger partial charge in [-0.3, -0.25) is 0 Å². The topological polar surface area (TPSA) is 66.0 Å². The van der Waals surface area contributed by atoms with E-state index >= 15 is 0 Å². The van der Waals surface area contributed by atoms with Gasteiger partial charge in [0.15, 0.2) is 5.71 Å². The lowest BCUT2D eigenvalue weighted by Crippen LogP contribution is -2.67. The highest BCUT2D eigenvalue weighted by molar-refractivity contribution is 6.03. The third kappa shape index (κ3) is 3.24. The van der Waals surface area contributed by atoms with Gasteiger partial charge in [0.05, 0.1) is 0 Å². The van der Waals surface area contributed by atoms with Crippen LogP contribution in [0.25, 0.3) is 5.57 Å². The summed E-state index contributed by atoms with van der Waals surface area (Å²) in [6.07, 6.45) is 8.38. The van der Waals surface area contributed by atoms with Gasteiger partial charge in [0.2, 0.25) is 0 Å². The van der Waals surface area contributed by atoms with E-state index in [9.17, 15) is 0 Å². The molecule has 23 heavy (non-hydrogen) atoms. The molecular formula is C20H20N3+. The van der Waals surface area contributed by atoms with Crippen molar-refractivity contribution in [3.63, 3.8) is 0 Å². The zero-order valence-electron chi connectivity index (χ0n) is 13.1. The average Bonchev–Trinajstić information content (AvgIpc) is 2.59. The first kappa shape index (κ1) is 14.9. The molecule has 2 aromatic carbocycles. The molecule has 0 radical (unpaired) electrons. The number of rotatable bonds is 2. The summed E-state index contributed by atoms with van der Waals surface area (Å²) in [6, 6.07) is 15.9. The maximum absolute atomic E-state index is 5.83. The molecule has 1 aliphatic carbocycles. The number of anilines is 2. The highest BCUT2D eigenvalue weighted by atomic mass is 14.7.